The topological polar surface area (TPSA) is 112 Å². The van der Waals surface area contributed by atoms with Crippen LogP contribution in [0.3, 0.4) is 0 Å². The third-order valence-electron chi connectivity index (χ3n) is 7.14. The maximum absolute atomic E-state index is 14.2. The largest absolute Gasteiger partial charge is 0.394 e. The Hall–Kier alpha value is -2.69. The number of benzene rings is 1. The molecule has 0 spiro atoms. The average molecular weight is 520 g/mol. The van der Waals surface area contributed by atoms with Crippen LogP contribution < -0.4 is 32.3 Å². The van der Waals surface area contributed by atoms with Crippen molar-refractivity contribution >= 4 is 17.2 Å². The lowest BCUT2D eigenvalue weighted by molar-refractivity contribution is -0.126. The molecule has 37 heavy (non-hydrogen) atoms. The summed E-state index contributed by atoms with van der Waals surface area (Å²) in [5.74, 6) is -0.0672. The predicted octanol–water partition coefficient (Wildman–Crippen LogP) is 2.62. The number of carbonyl (C=O) groups excluding carboxylic acids is 1. The second kappa shape index (κ2) is 13.2. The van der Waals surface area contributed by atoms with Gasteiger partial charge in [0.15, 0.2) is 0 Å². The number of hydrogen-bond acceptors (Lipinski definition) is 7. The van der Waals surface area contributed by atoms with Crippen molar-refractivity contribution in [2.75, 3.05) is 44.7 Å². The van der Waals surface area contributed by atoms with Gasteiger partial charge in [-0.1, -0.05) is 13.8 Å². The summed E-state index contributed by atoms with van der Waals surface area (Å²) in [7, 11) is 1.72. The zero-order valence-corrected chi connectivity index (χ0v) is 22.5. The summed E-state index contributed by atoms with van der Waals surface area (Å²) in [5, 5.41) is 9.85. The Morgan fingerprint density at radius 2 is 2.03 bits per heavy atom. The molecule has 1 aromatic rings. The Balaban J connectivity index is 0.00000186. The highest BCUT2D eigenvalue weighted by Gasteiger charge is 2.36. The first kappa shape index (κ1) is 28.9. The number of carbonyl (C=O) groups is 1. The molecule has 2 atom stereocenters. The third kappa shape index (κ3) is 6.25. The maximum atomic E-state index is 14.2. The molecule has 0 bridgehead atoms. The van der Waals surface area contributed by atoms with Crippen molar-refractivity contribution in [3.05, 3.63) is 46.4 Å². The molecule has 10 heteroatoms. The van der Waals surface area contributed by atoms with E-state index < -0.39 is 12.6 Å². The number of hydrogen-bond donors (Lipinski definition) is 5. The van der Waals surface area contributed by atoms with E-state index in [1.54, 1.807) is 31.1 Å². The highest BCUT2D eigenvalue weighted by Crippen LogP contribution is 2.39. The highest BCUT2D eigenvalue weighted by molar-refractivity contribution is 5.77. The summed E-state index contributed by atoms with van der Waals surface area (Å²) in [6.07, 6.45) is 1.69. The van der Waals surface area contributed by atoms with E-state index in [0.717, 1.165) is 49.3 Å². The number of nitrogens with two attached hydrogens (primary N) is 2. The smallest absolute Gasteiger partial charge is 0.264 e. The van der Waals surface area contributed by atoms with Crippen LogP contribution in [-0.4, -0.2) is 62.8 Å². The zero-order chi connectivity index (χ0) is 27.1. The van der Waals surface area contributed by atoms with Gasteiger partial charge in [-0.05, 0) is 54.6 Å². The number of amides is 1. The first-order valence-electron chi connectivity index (χ1n) is 13.4. The van der Waals surface area contributed by atoms with Crippen LogP contribution in [0, 0.1) is 0 Å². The molecule has 1 aromatic carbocycles. The van der Waals surface area contributed by atoms with Crippen LogP contribution in [0.15, 0.2) is 29.7 Å². The summed E-state index contributed by atoms with van der Waals surface area (Å²) in [5.41, 5.74) is 17.2. The van der Waals surface area contributed by atoms with Crippen molar-refractivity contribution in [2.24, 2.45) is 11.5 Å². The van der Waals surface area contributed by atoms with Gasteiger partial charge in [0.25, 0.3) is 6.43 Å². The first-order chi connectivity index (χ1) is 17.8. The van der Waals surface area contributed by atoms with Gasteiger partial charge in [-0.3, -0.25) is 4.79 Å². The number of rotatable bonds is 8. The number of nitrogens with one attached hydrogen (secondary N) is 3. The van der Waals surface area contributed by atoms with E-state index in [1.807, 2.05) is 24.8 Å². The number of alkyl halides is 2. The molecule has 0 aromatic heterocycles. The molecule has 0 aliphatic carbocycles. The monoisotopic (exact) mass is 519 g/mol. The molecular formula is C27H43F2N7O. The van der Waals surface area contributed by atoms with Crippen LogP contribution in [0.5, 0.6) is 0 Å². The molecule has 0 saturated carbocycles. The van der Waals surface area contributed by atoms with Gasteiger partial charge in [0.05, 0.1) is 5.70 Å². The lowest BCUT2D eigenvalue weighted by Gasteiger charge is -2.39. The summed E-state index contributed by atoms with van der Waals surface area (Å²) >= 11 is 0. The van der Waals surface area contributed by atoms with Gasteiger partial charge in [0.2, 0.25) is 5.91 Å². The Morgan fingerprint density at radius 3 is 2.62 bits per heavy atom. The van der Waals surface area contributed by atoms with Crippen LogP contribution in [0.4, 0.5) is 14.5 Å². The van der Waals surface area contributed by atoms with Gasteiger partial charge in [-0.25, -0.2) is 8.78 Å². The Kier molecular flexibility index (Phi) is 10.3. The predicted molar refractivity (Wildman–Crippen MR) is 146 cm³/mol. The summed E-state index contributed by atoms with van der Waals surface area (Å²) < 4.78 is 28.4. The molecule has 4 rings (SSSR count). The van der Waals surface area contributed by atoms with E-state index in [-0.39, 0.29) is 24.1 Å². The molecule has 1 amide bonds. The van der Waals surface area contributed by atoms with Crippen LogP contribution in [0.2, 0.25) is 0 Å². The molecule has 1 saturated heterocycles. The molecule has 2 unspecified atom stereocenters. The lowest BCUT2D eigenvalue weighted by atomic mass is 9.91. The molecule has 3 heterocycles. The fourth-order valence-corrected chi connectivity index (χ4v) is 5.46. The summed E-state index contributed by atoms with van der Waals surface area (Å²) in [4.78, 5) is 16.2. The Labute approximate surface area is 219 Å². The maximum Gasteiger partial charge on any atom is 0.264 e. The molecule has 1 fully saturated rings. The van der Waals surface area contributed by atoms with Crippen molar-refractivity contribution in [1.82, 2.24) is 20.9 Å². The zero-order valence-electron chi connectivity index (χ0n) is 22.5. The van der Waals surface area contributed by atoms with Gasteiger partial charge in [-0.15, -0.1) is 0 Å². The number of anilines is 1. The van der Waals surface area contributed by atoms with Gasteiger partial charge < -0.3 is 37.2 Å². The number of halogens is 2. The van der Waals surface area contributed by atoms with Crippen LogP contribution >= 0.6 is 0 Å². The Morgan fingerprint density at radius 1 is 1.27 bits per heavy atom. The van der Waals surface area contributed by atoms with Crippen LogP contribution in [0.25, 0.3) is 5.57 Å². The number of nitrogens with zero attached hydrogens (tertiary/aromatic N) is 2. The second-order valence-electron chi connectivity index (χ2n) is 9.39. The molecule has 3 aliphatic rings. The second-order valence-corrected chi connectivity index (χ2v) is 9.39. The summed E-state index contributed by atoms with van der Waals surface area (Å²) in [6.45, 7) is 8.70. The van der Waals surface area contributed by atoms with Crippen molar-refractivity contribution in [3.63, 3.8) is 0 Å². The summed E-state index contributed by atoms with van der Waals surface area (Å²) in [6, 6.07) is 3.69. The minimum Gasteiger partial charge on any atom is -0.394 e. The van der Waals surface area contributed by atoms with E-state index in [2.05, 4.69) is 16.0 Å². The van der Waals surface area contributed by atoms with Gasteiger partial charge in [-0.2, -0.15) is 0 Å². The molecular weight excluding hydrogens is 476 g/mol. The van der Waals surface area contributed by atoms with Gasteiger partial charge >= 0.3 is 0 Å². The number of aryl methyl sites for hydroxylation is 1. The van der Waals surface area contributed by atoms with Crippen molar-refractivity contribution in [1.29, 1.82) is 0 Å². The highest BCUT2D eigenvalue weighted by atomic mass is 19.3. The van der Waals surface area contributed by atoms with E-state index in [9.17, 15) is 13.6 Å². The SMILES string of the molecule is CC.CN/C=C(\CN)c1cc2c(cc1C(F)F)N(C(N)C1=C(NC3CCNC3)CCN1C(C)=O)CCC2. The van der Waals surface area contributed by atoms with Crippen molar-refractivity contribution in [2.45, 2.75) is 65.1 Å². The van der Waals surface area contributed by atoms with Crippen molar-refractivity contribution in [3.8, 4) is 0 Å². The average Bonchev–Trinajstić information content (AvgIpc) is 3.57. The minimum absolute atomic E-state index is 0.0611. The van der Waals surface area contributed by atoms with Crippen molar-refractivity contribution < 1.29 is 13.6 Å². The van der Waals surface area contributed by atoms with E-state index >= 15 is 0 Å². The van der Waals surface area contributed by atoms with E-state index in [0.29, 0.717) is 36.3 Å². The normalized spacial score (nSPS) is 20.6. The van der Waals surface area contributed by atoms with Crippen LogP contribution in [-0.2, 0) is 11.2 Å². The van der Waals surface area contributed by atoms with E-state index in [1.165, 1.54) is 0 Å². The van der Waals surface area contributed by atoms with Gasteiger partial charge in [0, 0.05) is 75.8 Å². The molecule has 3 aliphatic heterocycles. The standard InChI is InChI=1S/C25H37F2N7O.C2H6/c1-15(35)33-9-6-21(32-18-5-7-31-14-18)23(33)25(29)34-8-3-4-16-10-19(17(12-28)13-30-2)20(24(26)27)11-22(16)34;1-2/h10-11,13,18,24-25,30-32H,3-9,12,14,28-29H2,1-2H3;1-2H3/b17-13+;. The lowest BCUT2D eigenvalue weighted by Crippen LogP contribution is -2.50. The van der Waals surface area contributed by atoms with E-state index in [4.69, 9.17) is 11.5 Å². The minimum atomic E-state index is -2.66. The molecule has 206 valence electrons. The number of fused-ring (bicyclic) bond motifs is 1. The Bertz CT molecular complexity index is 1000. The van der Waals surface area contributed by atoms with Gasteiger partial charge in [0.1, 0.15) is 6.17 Å². The molecule has 7 N–H and O–H groups in total. The molecule has 0 radical (unpaired) electrons. The fourth-order valence-electron chi connectivity index (χ4n) is 5.46. The van der Waals surface area contributed by atoms with Crippen LogP contribution in [0.1, 0.15) is 63.1 Å². The quantitative estimate of drug-likeness (QED) is 0.359. The third-order valence-corrected chi connectivity index (χ3v) is 7.14. The fraction of sp³-hybridized carbons (Fsp3) is 0.593. The molecule has 8 nitrogen and oxygen atoms in total. The first-order valence-corrected chi connectivity index (χ1v) is 13.4.